The summed E-state index contributed by atoms with van der Waals surface area (Å²) < 4.78 is 0. The minimum Gasteiger partial charge on any atom is -0.312 e. The number of rotatable bonds is 2. The molecule has 3 rings (SSSR count). The van der Waals surface area contributed by atoms with Gasteiger partial charge in [-0.3, -0.25) is 4.90 Å². The van der Waals surface area contributed by atoms with E-state index in [1.165, 1.54) is 51.7 Å². The molecule has 2 aliphatic heterocycles. The molecule has 0 aromatic carbocycles. The maximum Gasteiger partial charge on any atom is 0.0220 e. The van der Waals surface area contributed by atoms with E-state index in [2.05, 4.69) is 17.1 Å². The molecule has 15 heavy (non-hydrogen) atoms. The predicted octanol–water partition coefficient (Wildman–Crippen LogP) is 1.86. The average molecular weight is 208 g/mol. The third kappa shape index (κ3) is 1.94. The molecule has 1 saturated carbocycles. The molecule has 2 nitrogen and oxygen atoms in total. The van der Waals surface area contributed by atoms with Gasteiger partial charge in [0.2, 0.25) is 0 Å². The van der Waals surface area contributed by atoms with Gasteiger partial charge < -0.3 is 5.32 Å². The highest BCUT2D eigenvalue weighted by atomic mass is 15.2. The van der Waals surface area contributed by atoms with Crippen molar-refractivity contribution in [1.82, 2.24) is 10.2 Å². The van der Waals surface area contributed by atoms with E-state index in [-0.39, 0.29) is 0 Å². The minimum atomic E-state index is 0.776. The van der Waals surface area contributed by atoms with Crippen LogP contribution >= 0.6 is 0 Å². The fourth-order valence-corrected chi connectivity index (χ4v) is 3.86. The number of hydrogen-bond donors (Lipinski definition) is 1. The molecule has 0 spiro atoms. The monoisotopic (exact) mass is 208 g/mol. The summed E-state index contributed by atoms with van der Waals surface area (Å²) in [5.74, 6) is 1.94. The Balaban J connectivity index is 1.56. The van der Waals surface area contributed by atoms with Gasteiger partial charge in [-0.2, -0.15) is 0 Å². The van der Waals surface area contributed by atoms with Crippen molar-refractivity contribution in [2.75, 3.05) is 19.6 Å². The van der Waals surface area contributed by atoms with E-state index < -0.39 is 0 Å². The molecule has 0 radical (unpaired) electrons. The second kappa shape index (κ2) is 4.06. The quantitative estimate of drug-likeness (QED) is 0.745. The van der Waals surface area contributed by atoms with Gasteiger partial charge in [0, 0.05) is 25.2 Å². The van der Waals surface area contributed by atoms with E-state index in [4.69, 9.17) is 0 Å². The van der Waals surface area contributed by atoms with E-state index in [0.29, 0.717) is 0 Å². The van der Waals surface area contributed by atoms with E-state index in [1.54, 1.807) is 0 Å². The van der Waals surface area contributed by atoms with Crippen LogP contribution in [-0.4, -0.2) is 36.6 Å². The first-order valence-electron chi connectivity index (χ1n) is 6.80. The van der Waals surface area contributed by atoms with Crippen molar-refractivity contribution >= 4 is 0 Å². The van der Waals surface area contributed by atoms with Crippen LogP contribution in [0.25, 0.3) is 0 Å². The van der Waals surface area contributed by atoms with Gasteiger partial charge in [0.1, 0.15) is 0 Å². The van der Waals surface area contributed by atoms with Crippen LogP contribution in [0.3, 0.4) is 0 Å². The molecule has 2 bridgehead atoms. The zero-order valence-corrected chi connectivity index (χ0v) is 9.91. The van der Waals surface area contributed by atoms with Crippen LogP contribution in [0.1, 0.15) is 39.0 Å². The van der Waals surface area contributed by atoms with Crippen LogP contribution in [0.15, 0.2) is 0 Å². The van der Waals surface area contributed by atoms with E-state index in [0.717, 1.165) is 23.9 Å². The molecule has 0 amide bonds. The zero-order valence-electron chi connectivity index (χ0n) is 9.91. The highest BCUT2D eigenvalue weighted by Gasteiger charge is 2.39. The van der Waals surface area contributed by atoms with Gasteiger partial charge in [0.25, 0.3) is 0 Å². The molecule has 3 fully saturated rings. The van der Waals surface area contributed by atoms with Crippen LogP contribution in [0.5, 0.6) is 0 Å². The van der Waals surface area contributed by atoms with Gasteiger partial charge in [0.15, 0.2) is 0 Å². The molecule has 2 heterocycles. The molecule has 4 unspecified atom stereocenters. The first kappa shape index (κ1) is 10.1. The van der Waals surface area contributed by atoms with E-state index in [9.17, 15) is 0 Å². The first-order valence-corrected chi connectivity index (χ1v) is 6.80. The molecular formula is C13H24N2. The van der Waals surface area contributed by atoms with E-state index >= 15 is 0 Å². The third-order valence-electron chi connectivity index (χ3n) is 4.88. The average Bonchev–Trinajstić information content (AvgIpc) is 2.83. The van der Waals surface area contributed by atoms with Crippen molar-refractivity contribution in [3.05, 3.63) is 0 Å². The smallest absolute Gasteiger partial charge is 0.0220 e. The normalized spacial score (nSPS) is 46.2. The summed E-state index contributed by atoms with van der Waals surface area (Å²) in [6, 6.07) is 1.73. The predicted molar refractivity (Wildman–Crippen MR) is 62.9 cm³/mol. The highest BCUT2D eigenvalue weighted by Crippen LogP contribution is 2.37. The van der Waals surface area contributed by atoms with Gasteiger partial charge in [-0.25, -0.2) is 0 Å². The van der Waals surface area contributed by atoms with Gasteiger partial charge >= 0.3 is 0 Å². The summed E-state index contributed by atoms with van der Waals surface area (Å²) >= 11 is 0. The second-order valence-corrected chi connectivity index (χ2v) is 5.97. The van der Waals surface area contributed by atoms with Gasteiger partial charge in [-0.05, 0) is 50.5 Å². The van der Waals surface area contributed by atoms with Crippen molar-refractivity contribution in [2.24, 2.45) is 11.8 Å². The van der Waals surface area contributed by atoms with Crippen LogP contribution in [0.4, 0.5) is 0 Å². The SMILES string of the molecule is CC1CCCNC1CN1CC2CCC1C2. The van der Waals surface area contributed by atoms with Crippen molar-refractivity contribution in [3.8, 4) is 0 Å². The second-order valence-electron chi connectivity index (χ2n) is 5.97. The Labute approximate surface area is 93.4 Å². The van der Waals surface area contributed by atoms with Gasteiger partial charge in [-0.1, -0.05) is 6.92 Å². The summed E-state index contributed by atoms with van der Waals surface area (Å²) in [6.07, 6.45) is 7.30. The van der Waals surface area contributed by atoms with Crippen molar-refractivity contribution in [2.45, 2.75) is 51.1 Å². The number of likely N-dealkylation sites (tertiary alicyclic amines) is 1. The number of piperidine rings is 2. The Morgan fingerprint density at radius 1 is 1.27 bits per heavy atom. The maximum atomic E-state index is 3.71. The molecule has 1 N–H and O–H groups in total. The number of nitrogens with zero attached hydrogens (tertiary/aromatic N) is 1. The standard InChI is InChI=1S/C13H24N2/c1-10-3-2-6-14-13(10)9-15-8-11-4-5-12(15)7-11/h10-14H,2-9H2,1H3. The number of hydrogen-bond acceptors (Lipinski definition) is 2. The molecule has 86 valence electrons. The minimum absolute atomic E-state index is 0.776. The van der Waals surface area contributed by atoms with Crippen molar-refractivity contribution < 1.29 is 0 Å². The molecule has 0 aromatic heterocycles. The lowest BCUT2D eigenvalue weighted by molar-refractivity contribution is 0.157. The largest absolute Gasteiger partial charge is 0.312 e. The summed E-state index contributed by atoms with van der Waals surface area (Å²) in [6.45, 7) is 6.39. The van der Waals surface area contributed by atoms with Gasteiger partial charge in [-0.15, -0.1) is 0 Å². The summed E-state index contributed by atoms with van der Waals surface area (Å²) in [7, 11) is 0. The van der Waals surface area contributed by atoms with Crippen LogP contribution < -0.4 is 5.32 Å². The molecular weight excluding hydrogens is 184 g/mol. The van der Waals surface area contributed by atoms with Crippen LogP contribution in [0.2, 0.25) is 0 Å². The van der Waals surface area contributed by atoms with Crippen molar-refractivity contribution in [1.29, 1.82) is 0 Å². The summed E-state index contributed by atoms with van der Waals surface area (Å²) in [5.41, 5.74) is 0. The Morgan fingerprint density at radius 2 is 2.20 bits per heavy atom. The Bertz CT molecular complexity index is 229. The van der Waals surface area contributed by atoms with Crippen LogP contribution in [-0.2, 0) is 0 Å². The lowest BCUT2D eigenvalue weighted by Crippen LogP contribution is -2.49. The van der Waals surface area contributed by atoms with Crippen molar-refractivity contribution in [3.63, 3.8) is 0 Å². The number of fused-ring (bicyclic) bond motifs is 2. The van der Waals surface area contributed by atoms with Crippen LogP contribution in [0, 0.1) is 11.8 Å². The Morgan fingerprint density at radius 3 is 2.87 bits per heavy atom. The zero-order chi connectivity index (χ0) is 10.3. The molecule has 2 saturated heterocycles. The molecule has 2 heteroatoms. The first-order chi connectivity index (χ1) is 7.33. The fourth-order valence-electron chi connectivity index (χ4n) is 3.86. The molecule has 3 aliphatic rings. The van der Waals surface area contributed by atoms with Gasteiger partial charge in [0.05, 0.1) is 0 Å². The summed E-state index contributed by atoms with van der Waals surface area (Å²) in [5, 5.41) is 3.71. The number of nitrogens with one attached hydrogen (secondary N) is 1. The third-order valence-corrected chi connectivity index (χ3v) is 4.88. The molecule has 0 aromatic rings. The summed E-state index contributed by atoms with van der Waals surface area (Å²) in [4.78, 5) is 2.77. The topological polar surface area (TPSA) is 15.3 Å². The lowest BCUT2D eigenvalue weighted by Gasteiger charge is -2.36. The maximum absolute atomic E-state index is 3.71. The van der Waals surface area contributed by atoms with E-state index in [1.807, 2.05) is 0 Å². The highest BCUT2D eigenvalue weighted by molar-refractivity contribution is 4.94. The Hall–Kier alpha value is -0.0800. The lowest BCUT2D eigenvalue weighted by atomic mass is 9.92. The Kier molecular flexibility index (Phi) is 2.73. The molecule has 1 aliphatic carbocycles. The fraction of sp³-hybridized carbons (Fsp3) is 1.00. The molecule has 4 atom stereocenters.